The van der Waals surface area contributed by atoms with Gasteiger partial charge in [0.05, 0.1) is 7.11 Å². The molecule has 0 aliphatic carbocycles. The highest BCUT2D eigenvalue weighted by atomic mass is 19.4. The highest BCUT2D eigenvalue weighted by Crippen LogP contribution is 2.29. The first-order valence-electron chi connectivity index (χ1n) is 5.49. The fraction of sp³-hybridized carbons (Fsp3) is 0.154. The Labute approximate surface area is 112 Å². The second-order valence-electron chi connectivity index (χ2n) is 3.88. The maximum atomic E-state index is 12.6. The molecule has 0 spiro atoms. The second-order valence-corrected chi connectivity index (χ2v) is 3.88. The Hall–Kier alpha value is -2.44. The average Bonchev–Trinajstić information content (AvgIpc) is 2.46. The summed E-state index contributed by atoms with van der Waals surface area (Å²) >= 11 is 0. The van der Waals surface area contributed by atoms with E-state index < -0.39 is 11.9 Å². The number of nitrogens with zero attached hydrogens (tertiary/aromatic N) is 2. The molecule has 1 aromatic heterocycles. The first-order valence-corrected chi connectivity index (χ1v) is 5.49. The number of halogens is 3. The summed E-state index contributed by atoms with van der Waals surface area (Å²) in [6, 6.07) is 5.10. The predicted octanol–water partition coefficient (Wildman–Crippen LogP) is 2.98. The Kier molecular flexibility index (Phi) is 3.69. The number of aromatic nitrogens is 2. The van der Waals surface area contributed by atoms with Crippen LogP contribution in [0.3, 0.4) is 0 Å². The van der Waals surface area contributed by atoms with Crippen LogP contribution in [0.25, 0.3) is 11.4 Å². The third-order valence-corrected chi connectivity index (χ3v) is 2.50. The average molecular weight is 282 g/mol. The molecule has 2 aromatic rings. The Morgan fingerprint density at radius 1 is 1.25 bits per heavy atom. The number of aldehydes is 1. The lowest BCUT2D eigenvalue weighted by molar-refractivity contribution is -0.141. The van der Waals surface area contributed by atoms with E-state index in [9.17, 15) is 18.0 Å². The number of carbonyl (C=O) groups is 1. The van der Waals surface area contributed by atoms with Gasteiger partial charge in [-0.3, -0.25) is 4.79 Å². The van der Waals surface area contributed by atoms with Gasteiger partial charge in [0.2, 0.25) is 0 Å². The van der Waals surface area contributed by atoms with E-state index in [4.69, 9.17) is 4.74 Å². The third-order valence-electron chi connectivity index (χ3n) is 2.50. The second kappa shape index (κ2) is 5.28. The van der Waals surface area contributed by atoms with Gasteiger partial charge in [-0.15, -0.1) is 0 Å². The SMILES string of the molecule is COc1cc(C=O)cc(-c2nccc(C(F)(F)F)n2)c1. The van der Waals surface area contributed by atoms with E-state index in [2.05, 4.69) is 9.97 Å². The molecule has 0 amide bonds. The molecule has 0 radical (unpaired) electrons. The van der Waals surface area contributed by atoms with Crippen molar-refractivity contribution in [1.29, 1.82) is 0 Å². The van der Waals surface area contributed by atoms with Crippen molar-refractivity contribution in [1.82, 2.24) is 9.97 Å². The van der Waals surface area contributed by atoms with Crippen molar-refractivity contribution in [2.45, 2.75) is 6.18 Å². The summed E-state index contributed by atoms with van der Waals surface area (Å²) in [4.78, 5) is 18.1. The molecule has 0 N–H and O–H groups in total. The monoisotopic (exact) mass is 282 g/mol. The number of alkyl halides is 3. The van der Waals surface area contributed by atoms with Gasteiger partial charge in [-0.25, -0.2) is 9.97 Å². The fourth-order valence-corrected chi connectivity index (χ4v) is 1.59. The van der Waals surface area contributed by atoms with E-state index >= 15 is 0 Å². The smallest absolute Gasteiger partial charge is 0.433 e. The molecule has 104 valence electrons. The largest absolute Gasteiger partial charge is 0.497 e. The van der Waals surface area contributed by atoms with Crippen molar-refractivity contribution < 1.29 is 22.7 Å². The van der Waals surface area contributed by atoms with Gasteiger partial charge in [-0.1, -0.05) is 0 Å². The van der Waals surface area contributed by atoms with Crippen molar-refractivity contribution in [3.8, 4) is 17.1 Å². The van der Waals surface area contributed by atoms with E-state index in [0.717, 1.165) is 12.3 Å². The van der Waals surface area contributed by atoms with Gasteiger partial charge in [0.25, 0.3) is 0 Å². The number of benzene rings is 1. The Bertz CT molecular complexity index is 642. The van der Waals surface area contributed by atoms with Gasteiger partial charge in [0.1, 0.15) is 17.7 Å². The Morgan fingerprint density at radius 3 is 2.60 bits per heavy atom. The van der Waals surface area contributed by atoms with Crippen molar-refractivity contribution in [2.24, 2.45) is 0 Å². The molecule has 0 aliphatic heterocycles. The van der Waals surface area contributed by atoms with Crippen LogP contribution in [0.5, 0.6) is 5.75 Å². The first kappa shape index (κ1) is 14.0. The topological polar surface area (TPSA) is 52.1 Å². The van der Waals surface area contributed by atoms with E-state index in [1.807, 2.05) is 0 Å². The van der Waals surface area contributed by atoms with Crippen molar-refractivity contribution in [3.05, 3.63) is 41.7 Å². The molecule has 1 aromatic carbocycles. The van der Waals surface area contributed by atoms with Crippen LogP contribution in [0.15, 0.2) is 30.5 Å². The number of hydrogen-bond acceptors (Lipinski definition) is 4. The molecule has 20 heavy (non-hydrogen) atoms. The van der Waals surface area contributed by atoms with E-state index in [1.54, 1.807) is 0 Å². The van der Waals surface area contributed by atoms with Crippen LogP contribution in [0.2, 0.25) is 0 Å². The van der Waals surface area contributed by atoms with Crippen LogP contribution in [0.4, 0.5) is 13.2 Å². The summed E-state index contributed by atoms with van der Waals surface area (Å²) in [6.45, 7) is 0. The third kappa shape index (κ3) is 2.93. The first-order chi connectivity index (χ1) is 9.44. The summed E-state index contributed by atoms with van der Waals surface area (Å²) in [7, 11) is 1.39. The molecule has 0 bridgehead atoms. The van der Waals surface area contributed by atoms with E-state index in [0.29, 0.717) is 12.0 Å². The molecule has 0 unspecified atom stereocenters. The lowest BCUT2D eigenvalue weighted by atomic mass is 10.1. The Morgan fingerprint density at radius 2 is 2.00 bits per heavy atom. The molecule has 0 atom stereocenters. The van der Waals surface area contributed by atoms with Gasteiger partial charge < -0.3 is 4.74 Å². The summed E-state index contributed by atoms with van der Waals surface area (Å²) in [5, 5.41) is 0. The van der Waals surface area contributed by atoms with Crippen molar-refractivity contribution in [2.75, 3.05) is 7.11 Å². The zero-order valence-corrected chi connectivity index (χ0v) is 10.3. The van der Waals surface area contributed by atoms with E-state index in [1.165, 1.54) is 25.3 Å². The van der Waals surface area contributed by atoms with Crippen LogP contribution >= 0.6 is 0 Å². The molecule has 0 fully saturated rings. The minimum absolute atomic E-state index is 0.123. The summed E-state index contributed by atoms with van der Waals surface area (Å²) in [5.41, 5.74) is -0.504. The highest BCUT2D eigenvalue weighted by molar-refractivity contribution is 5.79. The fourth-order valence-electron chi connectivity index (χ4n) is 1.59. The molecule has 0 aliphatic rings. The quantitative estimate of drug-likeness (QED) is 0.812. The van der Waals surface area contributed by atoms with Crippen molar-refractivity contribution >= 4 is 6.29 Å². The number of rotatable bonds is 3. The predicted molar refractivity (Wildman–Crippen MR) is 64.4 cm³/mol. The molecule has 2 rings (SSSR count). The minimum atomic E-state index is -4.55. The molecule has 0 saturated heterocycles. The van der Waals surface area contributed by atoms with Crippen LogP contribution in [0.1, 0.15) is 16.1 Å². The zero-order valence-electron chi connectivity index (χ0n) is 10.3. The number of hydrogen-bond donors (Lipinski definition) is 0. The summed E-state index contributed by atoms with van der Waals surface area (Å²) in [5.74, 6) is 0.215. The lowest BCUT2D eigenvalue weighted by Crippen LogP contribution is -2.09. The van der Waals surface area contributed by atoms with Crippen molar-refractivity contribution in [3.63, 3.8) is 0 Å². The minimum Gasteiger partial charge on any atom is -0.497 e. The maximum Gasteiger partial charge on any atom is 0.433 e. The standard InChI is InChI=1S/C13H9F3N2O2/c1-20-10-5-8(7-19)4-9(6-10)12-17-3-2-11(18-12)13(14,15)16/h2-7H,1H3. The highest BCUT2D eigenvalue weighted by Gasteiger charge is 2.32. The van der Waals surface area contributed by atoms with Crippen LogP contribution in [0, 0.1) is 0 Å². The van der Waals surface area contributed by atoms with Crippen LogP contribution < -0.4 is 4.74 Å². The Balaban J connectivity index is 2.53. The maximum absolute atomic E-state index is 12.6. The van der Waals surface area contributed by atoms with Gasteiger partial charge in [-0.2, -0.15) is 13.2 Å². The van der Waals surface area contributed by atoms with Gasteiger partial charge in [0.15, 0.2) is 5.82 Å². The van der Waals surface area contributed by atoms with Gasteiger partial charge in [0, 0.05) is 17.3 Å². The van der Waals surface area contributed by atoms with Gasteiger partial charge in [-0.05, 0) is 24.3 Å². The zero-order chi connectivity index (χ0) is 14.8. The van der Waals surface area contributed by atoms with Crippen LogP contribution in [-0.2, 0) is 6.18 Å². The molecule has 1 heterocycles. The number of carbonyl (C=O) groups excluding carboxylic acids is 1. The van der Waals surface area contributed by atoms with Gasteiger partial charge >= 0.3 is 6.18 Å². The molecule has 4 nitrogen and oxygen atoms in total. The summed E-state index contributed by atoms with van der Waals surface area (Å²) in [6.07, 6.45) is -2.96. The lowest BCUT2D eigenvalue weighted by Gasteiger charge is -2.08. The van der Waals surface area contributed by atoms with E-state index in [-0.39, 0.29) is 17.0 Å². The normalized spacial score (nSPS) is 11.2. The van der Waals surface area contributed by atoms with Crippen LogP contribution in [-0.4, -0.2) is 23.4 Å². The molecular formula is C13H9F3N2O2. The molecular weight excluding hydrogens is 273 g/mol. The molecule has 0 saturated carbocycles. The number of methoxy groups -OCH3 is 1. The number of ether oxygens (including phenoxy) is 1. The summed E-state index contributed by atoms with van der Waals surface area (Å²) < 4.78 is 42.8. The molecule has 7 heteroatoms.